The molecule has 2 aromatic heterocycles. The van der Waals surface area contributed by atoms with Crippen LogP contribution in [0.5, 0.6) is 0 Å². The van der Waals surface area contributed by atoms with E-state index in [0.29, 0.717) is 24.0 Å². The van der Waals surface area contributed by atoms with Crippen molar-refractivity contribution in [2.45, 2.75) is 33.1 Å². The summed E-state index contributed by atoms with van der Waals surface area (Å²) in [6.07, 6.45) is 2.66. The fourth-order valence-electron chi connectivity index (χ4n) is 2.40. The van der Waals surface area contributed by atoms with Crippen molar-refractivity contribution in [3.8, 4) is 0 Å². The van der Waals surface area contributed by atoms with Crippen LogP contribution < -0.4 is 5.32 Å². The SMILES string of the molecule is Cc1nc(NC(=O)CN(CC2CC2)C(=O)Cc2cccs2)sc1C. The van der Waals surface area contributed by atoms with Crippen molar-refractivity contribution in [3.63, 3.8) is 0 Å². The molecule has 2 heterocycles. The molecule has 24 heavy (non-hydrogen) atoms. The van der Waals surface area contributed by atoms with Crippen molar-refractivity contribution in [1.82, 2.24) is 9.88 Å². The van der Waals surface area contributed by atoms with E-state index in [0.717, 1.165) is 28.3 Å². The van der Waals surface area contributed by atoms with Crippen LogP contribution in [0.3, 0.4) is 0 Å². The Balaban J connectivity index is 1.60. The zero-order valence-electron chi connectivity index (χ0n) is 13.9. The normalized spacial score (nSPS) is 13.8. The fourth-order valence-corrected chi connectivity index (χ4v) is 3.93. The molecule has 0 atom stereocenters. The second-order valence-corrected chi connectivity index (χ2v) is 8.42. The minimum absolute atomic E-state index is 0.0194. The molecule has 0 bridgehead atoms. The highest BCUT2D eigenvalue weighted by Gasteiger charge is 2.28. The predicted octanol–water partition coefficient (Wildman–Crippen LogP) is 3.24. The van der Waals surface area contributed by atoms with Crippen molar-refractivity contribution in [3.05, 3.63) is 33.0 Å². The van der Waals surface area contributed by atoms with Crippen LogP contribution >= 0.6 is 22.7 Å². The molecule has 0 saturated heterocycles. The Morgan fingerprint density at radius 1 is 1.38 bits per heavy atom. The molecule has 1 aliphatic rings. The summed E-state index contributed by atoms with van der Waals surface area (Å²) in [7, 11) is 0. The maximum atomic E-state index is 12.6. The Hall–Kier alpha value is -1.73. The number of nitrogens with one attached hydrogen (secondary N) is 1. The number of amides is 2. The van der Waals surface area contributed by atoms with Crippen LogP contribution in [-0.2, 0) is 16.0 Å². The maximum absolute atomic E-state index is 12.6. The molecule has 2 amide bonds. The van der Waals surface area contributed by atoms with Gasteiger partial charge in [0, 0.05) is 16.3 Å². The zero-order chi connectivity index (χ0) is 17.1. The summed E-state index contributed by atoms with van der Waals surface area (Å²) in [6, 6.07) is 3.90. The first-order valence-electron chi connectivity index (χ1n) is 8.05. The van der Waals surface area contributed by atoms with E-state index in [-0.39, 0.29) is 18.4 Å². The molecule has 7 heteroatoms. The summed E-state index contributed by atoms with van der Waals surface area (Å²) >= 11 is 3.04. The quantitative estimate of drug-likeness (QED) is 0.821. The van der Waals surface area contributed by atoms with Crippen molar-refractivity contribution in [1.29, 1.82) is 0 Å². The molecule has 128 valence electrons. The van der Waals surface area contributed by atoms with Gasteiger partial charge in [-0.05, 0) is 44.1 Å². The molecular formula is C17H21N3O2S2. The number of hydrogen-bond acceptors (Lipinski definition) is 5. The van der Waals surface area contributed by atoms with Crippen LogP contribution in [0.15, 0.2) is 17.5 Å². The zero-order valence-corrected chi connectivity index (χ0v) is 15.5. The predicted molar refractivity (Wildman–Crippen MR) is 97.5 cm³/mol. The number of carbonyl (C=O) groups is 2. The Labute approximate surface area is 149 Å². The maximum Gasteiger partial charge on any atom is 0.245 e. The molecule has 1 N–H and O–H groups in total. The first kappa shape index (κ1) is 17.1. The second kappa shape index (κ2) is 7.44. The first-order valence-corrected chi connectivity index (χ1v) is 9.75. The van der Waals surface area contributed by atoms with Gasteiger partial charge in [-0.2, -0.15) is 0 Å². The highest BCUT2D eigenvalue weighted by Crippen LogP contribution is 2.30. The summed E-state index contributed by atoms with van der Waals surface area (Å²) < 4.78 is 0. The van der Waals surface area contributed by atoms with Gasteiger partial charge in [0.25, 0.3) is 0 Å². The van der Waals surface area contributed by atoms with E-state index in [1.165, 1.54) is 11.3 Å². The van der Waals surface area contributed by atoms with Gasteiger partial charge in [-0.25, -0.2) is 4.98 Å². The lowest BCUT2D eigenvalue weighted by Gasteiger charge is -2.21. The number of hydrogen-bond donors (Lipinski definition) is 1. The molecule has 0 radical (unpaired) electrons. The number of rotatable bonds is 7. The van der Waals surface area contributed by atoms with Crippen LogP contribution in [0.4, 0.5) is 5.13 Å². The average molecular weight is 364 g/mol. The lowest BCUT2D eigenvalue weighted by Crippen LogP contribution is -2.40. The van der Waals surface area contributed by atoms with Crippen molar-refractivity contribution in [2.24, 2.45) is 5.92 Å². The van der Waals surface area contributed by atoms with Gasteiger partial charge < -0.3 is 10.2 Å². The molecule has 1 aliphatic carbocycles. The van der Waals surface area contributed by atoms with Crippen LogP contribution in [0, 0.1) is 19.8 Å². The smallest absolute Gasteiger partial charge is 0.245 e. The molecule has 0 aliphatic heterocycles. The van der Waals surface area contributed by atoms with Gasteiger partial charge in [-0.1, -0.05) is 6.07 Å². The molecule has 0 unspecified atom stereocenters. The van der Waals surface area contributed by atoms with E-state index in [1.807, 2.05) is 31.4 Å². The third kappa shape index (κ3) is 4.64. The lowest BCUT2D eigenvalue weighted by atomic mass is 10.2. The number of anilines is 1. The van der Waals surface area contributed by atoms with Gasteiger partial charge in [-0.15, -0.1) is 22.7 Å². The fraction of sp³-hybridized carbons (Fsp3) is 0.471. The molecule has 2 aromatic rings. The van der Waals surface area contributed by atoms with E-state index in [4.69, 9.17) is 0 Å². The number of thiazole rings is 1. The molecule has 5 nitrogen and oxygen atoms in total. The summed E-state index contributed by atoms with van der Waals surface area (Å²) in [5, 5.41) is 5.39. The van der Waals surface area contributed by atoms with E-state index in [1.54, 1.807) is 16.2 Å². The van der Waals surface area contributed by atoms with Gasteiger partial charge in [0.1, 0.15) is 0 Å². The van der Waals surface area contributed by atoms with Gasteiger partial charge in [0.05, 0.1) is 18.7 Å². The molecule has 0 spiro atoms. The third-order valence-corrected chi connectivity index (χ3v) is 5.91. The topological polar surface area (TPSA) is 62.3 Å². The minimum Gasteiger partial charge on any atom is -0.333 e. The van der Waals surface area contributed by atoms with E-state index in [9.17, 15) is 9.59 Å². The van der Waals surface area contributed by atoms with Gasteiger partial charge in [0.15, 0.2) is 5.13 Å². The number of thiophene rings is 1. The first-order chi connectivity index (χ1) is 11.5. The lowest BCUT2D eigenvalue weighted by molar-refractivity contribution is -0.134. The summed E-state index contributed by atoms with van der Waals surface area (Å²) in [6.45, 7) is 4.67. The molecule has 3 rings (SSSR count). The highest BCUT2D eigenvalue weighted by molar-refractivity contribution is 7.15. The van der Waals surface area contributed by atoms with Crippen LogP contribution in [0.25, 0.3) is 0 Å². The Bertz CT molecular complexity index is 701. The van der Waals surface area contributed by atoms with Crippen molar-refractivity contribution >= 4 is 39.6 Å². The van der Waals surface area contributed by atoms with Gasteiger partial charge in [0.2, 0.25) is 11.8 Å². The Morgan fingerprint density at radius 2 is 2.17 bits per heavy atom. The number of aromatic nitrogens is 1. The molecular weight excluding hydrogens is 342 g/mol. The third-order valence-electron chi connectivity index (χ3n) is 4.04. The molecule has 1 fully saturated rings. The number of nitrogens with zero attached hydrogens (tertiary/aromatic N) is 2. The van der Waals surface area contributed by atoms with Gasteiger partial charge >= 0.3 is 0 Å². The van der Waals surface area contributed by atoms with Crippen molar-refractivity contribution < 1.29 is 9.59 Å². The average Bonchev–Trinajstić information content (AvgIpc) is 3.09. The van der Waals surface area contributed by atoms with Crippen molar-refractivity contribution in [2.75, 3.05) is 18.4 Å². The van der Waals surface area contributed by atoms with Crippen LogP contribution in [0.1, 0.15) is 28.3 Å². The summed E-state index contributed by atoms with van der Waals surface area (Å²) in [5.74, 6) is 0.393. The number of carbonyl (C=O) groups excluding carboxylic acids is 2. The summed E-state index contributed by atoms with van der Waals surface area (Å²) in [4.78, 5) is 33.0. The van der Waals surface area contributed by atoms with E-state index < -0.39 is 0 Å². The second-order valence-electron chi connectivity index (χ2n) is 6.18. The largest absolute Gasteiger partial charge is 0.333 e. The Morgan fingerprint density at radius 3 is 2.75 bits per heavy atom. The van der Waals surface area contributed by atoms with Crippen LogP contribution in [0.2, 0.25) is 0 Å². The molecule has 1 saturated carbocycles. The standard InChI is InChI=1S/C17H21N3O2S2/c1-11-12(2)24-17(18-11)19-15(21)10-20(9-13-5-6-13)16(22)8-14-4-3-7-23-14/h3-4,7,13H,5-6,8-10H2,1-2H3,(H,18,19,21). The number of aryl methyl sites for hydroxylation is 2. The monoisotopic (exact) mass is 363 g/mol. The van der Waals surface area contributed by atoms with E-state index in [2.05, 4.69) is 10.3 Å². The molecule has 0 aromatic carbocycles. The van der Waals surface area contributed by atoms with Gasteiger partial charge in [-0.3, -0.25) is 9.59 Å². The van der Waals surface area contributed by atoms with Crippen LogP contribution in [-0.4, -0.2) is 34.8 Å². The minimum atomic E-state index is -0.177. The van der Waals surface area contributed by atoms with E-state index >= 15 is 0 Å². The highest BCUT2D eigenvalue weighted by atomic mass is 32.1. The Kier molecular flexibility index (Phi) is 5.30. The summed E-state index contributed by atoms with van der Waals surface area (Å²) in [5.41, 5.74) is 0.930.